The van der Waals surface area contributed by atoms with E-state index in [1.165, 1.54) is 0 Å². The molecule has 1 aliphatic heterocycles. The average Bonchev–Trinajstić information content (AvgIpc) is 2.68. The Bertz CT molecular complexity index is 603. The minimum atomic E-state index is -0.0949. The first-order valence-corrected chi connectivity index (χ1v) is 5.38. The van der Waals surface area contributed by atoms with Gasteiger partial charge in [-0.05, 0) is 23.8 Å². The fraction of sp³-hybridized carbons (Fsp3) is 0. The Labute approximate surface area is 98.8 Å². The number of amides is 1. The third-order valence-corrected chi connectivity index (χ3v) is 2.69. The van der Waals surface area contributed by atoms with Crippen molar-refractivity contribution in [3.8, 4) is 0 Å². The number of nitrogens with zero attached hydrogens (tertiary/aromatic N) is 1. The van der Waals surface area contributed by atoms with Crippen LogP contribution in [0.5, 0.6) is 0 Å². The molecule has 0 saturated carbocycles. The highest BCUT2D eigenvalue weighted by atomic mass is 16.2. The van der Waals surface area contributed by atoms with Gasteiger partial charge in [0.05, 0.1) is 5.57 Å². The molecule has 1 aromatic heterocycles. The Balaban J connectivity index is 2.10. The molecule has 2 aromatic rings. The predicted molar refractivity (Wildman–Crippen MR) is 67.2 cm³/mol. The monoisotopic (exact) mass is 222 g/mol. The highest BCUT2D eigenvalue weighted by molar-refractivity contribution is 6.34. The van der Waals surface area contributed by atoms with Gasteiger partial charge in [-0.15, -0.1) is 0 Å². The lowest BCUT2D eigenvalue weighted by molar-refractivity contribution is -0.110. The summed E-state index contributed by atoms with van der Waals surface area (Å²) in [5, 5.41) is 2.75. The van der Waals surface area contributed by atoms with E-state index in [-0.39, 0.29) is 5.91 Å². The maximum Gasteiger partial charge on any atom is 0.257 e. The van der Waals surface area contributed by atoms with Crippen molar-refractivity contribution in [1.82, 2.24) is 4.98 Å². The molecule has 0 radical (unpaired) electrons. The van der Waals surface area contributed by atoms with Gasteiger partial charge in [0.25, 0.3) is 5.91 Å². The molecule has 0 bridgehead atoms. The van der Waals surface area contributed by atoms with Gasteiger partial charge in [0.1, 0.15) is 5.82 Å². The number of pyridine rings is 1. The van der Waals surface area contributed by atoms with E-state index in [9.17, 15) is 4.79 Å². The number of rotatable bonds is 1. The molecule has 0 aliphatic carbocycles. The van der Waals surface area contributed by atoms with Crippen molar-refractivity contribution in [3.05, 3.63) is 59.8 Å². The van der Waals surface area contributed by atoms with Gasteiger partial charge >= 0.3 is 0 Å². The van der Waals surface area contributed by atoms with Gasteiger partial charge in [0.2, 0.25) is 0 Å². The second-order valence-corrected chi connectivity index (χ2v) is 3.82. The van der Waals surface area contributed by atoms with Crippen molar-refractivity contribution in [2.45, 2.75) is 0 Å². The smallest absolute Gasteiger partial charge is 0.257 e. The standard InChI is InChI=1S/C14H10N2O/c17-14-12(9-10-5-2-1-3-6-10)11-7-4-8-15-13(11)16-14/h1-9H,(H,15,16,17). The third kappa shape index (κ3) is 1.72. The van der Waals surface area contributed by atoms with Crippen LogP contribution < -0.4 is 5.32 Å². The normalized spacial score (nSPS) is 15.8. The number of hydrogen-bond acceptors (Lipinski definition) is 2. The minimum Gasteiger partial charge on any atom is -0.306 e. The number of hydrogen-bond donors (Lipinski definition) is 1. The molecule has 3 heteroatoms. The van der Waals surface area contributed by atoms with Crippen LogP contribution in [0.4, 0.5) is 5.82 Å². The van der Waals surface area contributed by atoms with Gasteiger partial charge in [0.15, 0.2) is 0 Å². The number of nitrogens with one attached hydrogen (secondary N) is 1. The van der Waals surface area contributed by atoms with Crippen molar-refractivity contribution in [1.29, 1.82) is 0 Å². The number of carbonyl (C=O) groups excluding carboxylic acids is 1. The molecule has 17 heavy (non-hydrogen) atoms. The van der Waals surface area contributed by atoms with E-state index < -0.39 is 0 Å². The lowest BCUT2D eigenvalue weighted by Gasteiger charge is -1.97. The summed E-state index contributed by atoms with van der Waals surface area (Å²) in [5.74, 6) is 0.544. The molecule has 1 aliphatic rings. The molecule has 0 fully saturated rings. The summed E-state index contributed by atoms with van der Waals surface area (Å²) in [6, 6.07) is 13.5. The van der Waals surface area contributed by atoms with E-state index in [2.05, 4.69) is 10.3 Å². The molecular formula is C14H10N2O. The molecule has 3 rings (SSSR count). The number of fused-ring (bicyclic) bond motifs is 1. The summed E-state index contributed by atoms with van der Waals surface area (Å²) in [6.07, 6.45) is 3.55. The largest absolute Gasteiger partial charge is 0.306 e. The van der Waals surface area contributed by atoms with Gasteiger partial charge in [0, 0.05) is 11.8 Å². The Kier molecular flexibility index (Phi) is 2.22. The summed E-state index contributed by atoms with van der Waals surface area (Å²) >= 11 is 0. The average molecular weight is 222 g/mol. The number of anilines is 1. The van der Waals surface area contributed by atoms with Crippen molar-refractivity contribution in [2.24, 2.45) is 0 Å². The Hall–Kier alpha value is -2.42. The molecule has 0 unspecified atom stereocenters. The molecule has 2 heterocycles. The predicted octanol–water partition coefficient (Wildman–Crippen LogP) is 2.57. The first-order chi connectivity index (χ1) is 8.34. The molecule has 82 valence electrons. The maximum absolute atomic E-state index is 11.8. The molecule has 0 atom stereocenters. The highest BCUT2D eigenvalue weighted by Crippen LogP contribution is 2.30. The lowest BCUT2D eigenvalue weighted by atomic mass is 10.1. The third-order valence-electron chi connectivity index (χ3n) is 2.69. The summed E-state index contributed by atoms with van der Waals surface area (Å²) in [4.78, 5) is 15.9. The topological polar surface area (TPSA) is 42.0 Å². The van der Waals surface area contributed by atoms with Crippen molar-refractivity contribution in [2.75, 3.05) is 5.32 Å². The van der Waals surface area contributed by atoms with Crippen LogP contribution >= 0.6 is 0 Å². The van der Waals surface area contributed by atoms with E-state index in [0.717, 1.165) is 11.1 Å². The quantitative estimate of drug-likeness (QED) is 0.753. The summed E-state index contributed by atoms with van der Waals surface area (Å²) < 4.78 is 0. The lowest BCUT2D eigenvalue weighted by Crippen LogP contribution is -2.04. The van der Waals surface area contributed by atoms with Gasteiger partial charge in [-0.1, -0.05) is 30.3 Å². The van der Waals surface area contributed by atoms with Gasteiger partial charge < -0.3 is 5.32 Å². The molecule has 1 aromatic carbocycles. The fourth-order valence-electron chi connectivity index (χ4n) is 1.88. The van der Waals surface area contributed by atoms with Crippen molar-refractivity contribution in [3.63, 3.8) is 0 Å². The second kappa shape index (κ2) is 3.87. The van der Waals surface area contributed by atoms with E-state index >= 15 is 0 Å². The molecule has 0 spiro atoms. The summed E-state index contributed by atoms with van der Waals surface area (Å²) in [5.41, 5.74) is 2.54. The molecule has 1 N–H and O–H groups in total. The van der Waals surface area contributed by atoms with Crippen molar-refractivity contribution >= 4 is 23.4 Å². The zero-order valence-corrected chi connectivity index (χ0v) is 9.05. The first kappa shape index (κ1) is 9.78. The zero-order chi connectivity index (χ0) is 11.7. The Morgan fingerprint density at radius 2 is 1.88 bits per heavy atom. The molecule has 0 saturated heterocycles. The highest BCUT2D eigenvalue weighted by Gasteiger charge is 2.24. The van der Waals surface area contributed by atoms with E-state index in [0.29, 0.717) is 11.4 Å². The van der Waals surface area contributed by atoms with Crippen LogP contribution in [0.15, 0.2) is 48.7 Å². The van der Waals surface area contributed by atoms with Crippen LogP contribution in [0, 0.1) is 0 Å². The molecule has 1 amide bonds. The van der Waals surface area contributed by atoms with E-state index in [4.69, 9.17) is 0 Å². The van der Waals surface area contributed by atoms with Gasteiger partial charge in [-0.25, -0.2) is 4.98 Å². The number of benzene rings is 1. The van der Waals surface area contributed by atoms with Crippen LogP contribution in [0.2, 0.25) is 0 Å². The minimum absolute atomic E-state index is 0.0949. The molecule has 3 nitrogen and oxygen atoms in total. The van der Waals surface area contributed by atoms with Gasteiger partial charge in [-0.3, -0.25) is 4.79 Å². The Morgan fingerprint density at radius 3 is 2.71 bits per heavy atom. The fourth-order valence-corrected chi connectivity index (χ4v) is 1.88. The first-order valence-electron chi connectivity index (χ1n) is 5.38. The summed E-state index contributed by atoms with van der Waals surface area (Å²) in [6.45, 7) is 0. The van der Waals surface area contributed by atoms with Crippen LogP contribution in [0.1, 0.15) is 11.1 Å². The summed E-state index contributed by atoms with van der Waals surface area (Å²) in [7, 11) is 0. The maximum atomic E-state index is 11.8. The SMILES string of the molecule is O=C1Nc2ncccc2C1=Cc1ccccc1. The van der Waals surface area contributed by atoms with Crippen LogP contribution in [-0.4, -0.2) is 10.9 Å². The van der Waals surface area contributed by atoms with E-state index in [1.54, 1.807) is 6.20 Å². The number of aromatic nitrogens is 1. The Morgan fingerprint density at radius 1 is 1.06 bits per heavy atom. The van der Waals surface area contributed by atoms with Crippen LogP contribution in [-0.2, 0) is 4.79 Å². The van der Waals surface area contributed by atoms with Crippen molar-refractivity contribution < 1.29 is 4.79 Å². The van der Waals surface area contributed by atoms with E-state index in [1.807, 2.05) is 48.5 Å². The zero-order valence-electron chi connectivity index (χ0n) is 9.05. The van der Waals surface area contributed by atoms with Gasteiger partial charge in [-0.2, -0.15) is 0 Å². The van der Waals surface area contributed by atoms with Crippen LogP contribution in [0.3, 0.4) is 0 Å². The second-order valence-electron chi connectivity index (χ2n) is 3.82. The number of carbonyl (C=O) groups is 1. The van der Waals surface area contributed by atoms with Crippen LogP contribution in [0.25, 0.3) is 11.6 Å². The molecular weight excluding hydrogens is 212 g/mol.